The van der Waals surface area contributed by atoms with Crippen molar-refractivity contribution in [2.45, 2.75) is 14.8 Å². The van der Waals surface area contributed by atoms with Crippen LogP contribution in [0.1, 0.15) is 0 Å². The molecule has 0 atom stereocenters. The molecule has 0 saturated carbocycles. The van der Waals surface area contributed by atoms with E-state index in [9.17, 15) is 0 Å². The molecule has 0 aliphatic carbocycles. The van der Waals surface area contributed by atoms with Gasteiger partial charge in [-0.15, -0.1) is 0 Å². The molecule has 0 aliphatic rings. The van der Waals surface area contributed by atoms with Gasteiger partial charge in [0.15, 0.2) is 0 Å². The van der Waals surface area contributed by atoms with Gasteiger partial charge in [0.05, 0.1) is 0 Å². The van der Waals surface area contributed by atoms with E-state index in [1.54, 1.807) is 0 Å². The molecule has 0 radical (unpaired) electrons. The second kappa shape index (κ2) is 1.82. The van der Waals surface area contributed by atoms with E-state index in [1.165, 1.54) is 0 Å². The summed E-state index contributed by atoms with van der Waals surface area (Å²) >= 11 is 2.22. The topological polar surface area (TPSA) is 0 Å². The van der Waals surface area contributed by atoms with E-state index in [2.05, 4.69) is 27.5 Å². The molecule has 2 heteroatoms. The summed E-state index contributed by atoms with van der Waals surface area (Å²) < 4.78 is 0. The van der Waals surface area contributed by atoms with Crippen LogP contribution in [0.2, 0.25) is 14.8 Å². The summed E-state index contributed by atoms with van der Waals surface area (Å²) in [6.45, 7) is 0. The van der Waals surface area contributed by atoms with E-state index < -0.39 is 16.2 Å². The first-order valence-electron chi connectivity index (χ1n) is 1.69. The van der Waals surface area contributed by atoms with Crippen LogP contribution >= 0.6 is 12.7 Å². The van der Waals surface area contributed by atoms with Gasteiger partial charge < -0.3 is 0 Å². The Labute approximate surface area is 43.6 Å². The summed E-state index contributed by atoms with van der Waals surface area (Å²) in [5, 5.41) is 0. The van der Waals surface area contributed by atoms with Gasteiger partial charge in [-0.3, -0.25) is 0 Å². The van der Waals surface area contributed by atoms with E-state index >= 15 is 0 Å². The Kier molecular flexibility index (Phi) is 2.29. The van der Waals surface area contributed by atoms with Crippen molar-refractivity contribution >= 4 is 28.9 Å². The number of rotatable bonds is 0. The quantitative estimate of drug-likeness (QED) is 0.573. The van der Waals surface area contributed by atoms with Gasteiger partial charge in [-0.05, 0) is 0 Å². The Hall–Kier alpha value is 1.28. The molecule has 0 spiro atoms. The zero-order valence-electron chi connectivity index (χ0n) is 3.88. The summed E-state index contributed by atoms with van der Waals surface area (Å²) in [6, 6.07) is 0. The van der Waals surface area contributed by atoms with E-state index in [0.29, 0.717) is 0 Å². The van der Waals surface area contributed by atoms with Crippen molar-refractivity contribution in [3.63, 3.8) is 0 Å². The van der Waals surface area contributed by atoms with Gasteiger partial charge in [0.1, 0.15) is 0 Å². The van der Waals surface area contributed by atoms with E-state index in [-0.39, 0.29) is 0 Å². The predicted molar refractivity (Wildman–Crippen MR) is 32.3 cm³/mol. The summed E-state index contributed by atoms with van der Waals surface area (Å²) in [6.07, 6.45) is 0. The van der Waals surface area contributed by atoms with Gasteiger partial charge in [-0.25, -0.2) is 0 Å². The second-order valence-electron chi connectivity index (χ2n) is 2.07. The first kappa shape index (κ1) is 6.28. The normalized spacial score (nSPS) is 12.0. The third-order valence-corrected chi connectivity index (χ3v) is 0. The fourth-order valence-electron chi connectivity index (χ4n) is 0. The van der Waals surface area contributed by atoms with Crippen LogP contribution in [0.25, 0.3) is 0 Å². The molecule has 0 aliphatic heterocycles. The second-order valence-corrected chi connectivity index (χ2v) is 29.8. The standard InChI is InChI=1S/3CH3.BrH.Sn/h3*1H3;1H;/q;;;;+1/p-1. The molecular formula is C3H9BrSn. The summed E-state index contributed by atoms with van der Waals surface area (Å²) in [5.74, 6) is 0. The molecule has 0 bridgehead atoms. The third-order valence-electron chi connectivity index (χ3n) is 0. The molecule has 0 rings (SSSR count). The minimum atomic E-state index is -1.37. The molecule has 0 unspecified atom stereocenters. The van der Waals surface area contributed by atoms with Gasteiger partial charge in [0, 0.05) is 0 Å². The van der Waals surface area contributed by atoms with Gasteiger partial charge >= 0.3 is 43.7 Å². The molecule has 0 fully saturated rings. The fraction of sp³-hybridized carbons (Fsp3) is 1.00. The first-order chi connectivity index (χ1) is 2.00. The number of hydrogen-bond acceptors (Lipinski definition) is 0. The molecule has 0 heterocycles. The molecule has 0 nitrogen and oxygen atoms in total. The number of hydrogen-bond donors (Lipinski definition) is 0. The van der Waals surface area contributed by atoms with Crippen LogP contribution in [0.15, 0.2) is 0 Å². The molecular weight excluding hydrogens is 235 g/mol. The number of halogens is 1. The van der Waals surface area contributed by atoms with Crippen molar-refractivity contribution < 1.29 is 0 Å². The van der Waals surface area contributed by atoms with Crippen molar-refractivity contribution in [2.75, 3.05) is 0 Å². The molecule has 0 aromatic rings. The zero-order chi connectivity index (χ0) is 4.50. The van der Waals surface area contributed by atoms with Crippen LogP contribution in [0, 0.1) is 0 Å². The van der Waals surface area contributed by atoms with Crippen LogP contribution in [0.4, 0.5) is 0 Å². The van der Waals surface area contributed by atoms with Gasteiger partial charge in [-0.1, -0.05) is 0 Å². The SMILES string of the molecule is [CH3][Sn]([CH3])([CH3])[Br]. The van der Waals surface area contributed by atoms with Crippen molar-refractivity contribution in [3.05, 3.63) is 0 Å². The van der Waals surface area contributed by atoms with E-state index in [0.717, 1.165) is 0 Å². The maximum atomic E-state index is 3.58. The molecule has 5 heavy (non-hydrogen) atoms. The van der Waals surface area contributed by atoms with Crippen LogP contribution in [0.3, 0.4) is 0 Å². The molecule has 0 saturated heterocycles. The maximum absolute atomic E-state index is 3.58. The Morgan fingerprint density at radius 1 is 1.20 bits per heavy atom. The van der Waals surface area contributed by atoms with Gasteiger partial charge in [0.2, 0.25) is 0 Å². The van der Waals surface area contributed by atoms with Crippen LogP contribution < -0.4 is 0 Å². The van der Waals surface area contributed by atoms with Crippen molar-refractivity contribution in [3.8, 4) is 0 Å². The summed E-state index contributed by atoms with van der Waals surface area (Å²) in [5.41, 5.74) is 0. The molecule has 32 valence electrons. The average Bonchev–Trinajstić information content (AvgIpc) is 0.722. The molecule has 0 amide bonds. The molecule has 0 aromatic heterocycles. The zero-order valence-corrected chi connectivity index (χ0v) is 8.32. The molecule has 0 aromatic carbocycles. The predicted octanol–water partition coefficient (Wildman–Crippen LogP) is 2.22. The van der Waals surface area contributed by atoms with Crippen molar-refractivity contribution in [1.82, 2.24) is 0 Å². The molecule has 0 N–H and O–H groups in total. The Morgan fingerprint density at radius 3 is 1.20 bits per heavy atom. The minimum absolute atomic E-state index is 1.37. The summed E-state index contributed by atoms with van der Waals surface area (Å²) in [7, 11) is 0. The van der Waals surface area contributed by atoms with Crippen molar-refractivity contribution in [1.29, 1.82) is 0 Å². The van der Waals surface area contributed by atoms with E-state index in [1.807, 2.05) is 0 Å². The Bertz CT molecular complexity index is 22.4. The third kappa shape index (κ3) is 34.7. The first-order valence-corrected chi connectivity index (χ1v) is 16.6. The van der Waals surface area contributed by atoms with Crippen LogP contribution in [0.5, 0.6) is 0 Å². The average molecular weight is 244 g/mol. The monoisotopic (exact) mass is 244 g/mol. The Morgan fingerprint density at radius 2 is 1.20 bits per heavy atom. The summed E-state index contributed by atoms with van der Waals surface area (Å²) in [4.78, 5) is 6.94. The van der Waals surface area contributed by atoms with Gasteiger partial charge in [0.25, 0.3) is 0 Å². The Balaban J connectivity index is 3.02. The fourth-order valence-corrected chi connectivity index (χ4v) is 0. The van der Waals surface area contributed by atoms with Gasteiger partial charge in [-0.2, -0.15) is 0 Å². The van der Waals surface area contributed by atoms with E-state index in [4.69, 9.17) is 0 Å². The van der Waals surface area contributed by atoms with Crippen LogP contribution in [-0.4, -0.2) is 16.2 Å². The van der Waals surface area contributed by atoms with Crippen molar-refractivity contribution in [2.24, 2.45) is 0 Å². The van der Waals surface area contributed by atoms with Crippen LogP contribution in [-0.2, 0) is 0 Å².